The first-order chi connectivity index (χ1) is 11.9. The molecule has 2 aromatic heterocycles. The van der Waals surface area contributed by atoms with E-state index in [0.717, 1.165) is 37.4 Å². The van der Waals surface area contributed by atoms with Gasteiger partial charge in [-0.05, 0) is 42.8 Å². The quantitative estimate of drug-likeness (QED) is 0.683. The van der Waals surface area contributed by atoms with E-state index in [1.54, 1.807) is 11.3 Å². The van der Waals surface area contributed by atoms with E-state index in [0.29, 0.717) is 5.89 Å². The summed E-state index contributed by atoms with van der Waals surface area (Å²) in [5.41, 5.74) is 2.40. The third kappa shape index (κ3) is 3.42. The standard InChI is InChI=1S/C19H21N3OS/c1-2-6-15(7-3-1)9-12-22-11-5-4-8-17(22)19-21-20-18(23-19)16-10-13-24-14-16/h1-3,6-7,10,13-14,17H,4-5,8-9,11-12H2/t17-/m0/s1. The van der Waals surface area contributed by atoms with Crippen LogP contribution < -0.4 is 0 Å². The third-order valence-electron chi connectivity index (χ3n) is 4.64. The molecule has 1 saturated heterocycles. The number of hydrogen-bond donors (Lipinski definition) is 0. The number of likely N-dealkylation sites (tertiary alicyclic amines) is 1. The van der Waals surface area contributed by atoms with Crippen molar-refractivity contribution in [1.29, 1.82) is 0 Å². The maximum Gasteiger partial charge on any atom is 0.248 e. The Morgan fingerprint density at radius 2 is 2.04 bits per heavy atom. The second-order valence-electron chi connectivity index (χ2n) is 6.24. The summed E-state index contributed by atoms with van der Waals surface area (Å²) < 4.78 is 5.99. The van der Waals surface area contributed by atoms with E-state index in [1.165, 1.54) is 18.4 Å². The van der Waals surface area contributed by atoms with E-state index < -0.39 is 0 Å². The van der Waals surface area contributed by atoms with Crippen molar-refractivity contribution in [2.75, 3.05) is 13.1 Å². The molecule has 4 rings (SSSR count). The summed E-state index contributed by atoms with van der Waals surface area (Å²) in [5, 5.41) is 12.7. The molecule has 4 nitrogen and oxygen atoms in total. The normalized spacial score (nSPS) is 18.8. The fourth-order valence-electron chi connectivity index (χ4n) is 3.33. The number of hydrogen-bond acceptors (Lipinski definition) is 5. The highest BCUT2D eigenvalue weighted by molar-refractivity contribution is 7.08. The predicted octanol–water partition coefficient (Wildman–Crippen LogP) is 4.57. The van der Waals surface area contributed by atoms with Gasteiger partial charge in [0.2, 0.25) is 11.8 Å². The molecule has 0 amide bonds. The molecule has 0 bridgehead atoms. The minimum atomic E-state index is 0.252. The Bertz CT molecular complexity index is 754. The third-order valence-corrected chi connectivity index (χ3v) is 5.32. The molecule has 1 atom stereocenters. The Morgan fingerprint density at radius 3 is 2.88 bits per heavy atom. The minimum absolute atomic E-state index is 0.252. The van der Waals surface area contributed by atoms with Crippen LogP contribution in [-0.4, -0.2) is 28.2 Å². The topological polar surface area (TPSA) is 42.2 Å². The van der Waals surface area contributed by atoms with Gasteiger partial charge in [-0.2, -0.15) is 11.3 Å². The van der Waals surface area contributed by atoms with Crippen LogP contribution in [0.1, 0.15) is 36.8 Å². The van der Waals surface area contributed by atoms with Gasteiger partial charge in [-0.15, -0.1) is 10.2 Å². The molecule has 3 aromatic rings. The van der Waals surface area contributed by atoms with E-state index in [9.17, 15) is 0 Å². The van der Waals surface area contributed by atoms with Gasteiger partial charge in [-0.1, -0.05) is 36.8 Å². The average Bonchev–Trinajstić information content (AvgIpc) is 3.32. The molecule has 0 aliphatic carbocycles. The summed E-state index contributed by atoms with van der Waals surface area (Å²) in [4.78, 5) is 2.50. The molecule has 1 fully saturated rings. The van der Waals surface area contributed by atoms with Crippen molar-refractivity contribution in [3.63, 3.8) is 0 Å². The molecule has 0 radical (unpaired) electrons. The minimum Gasteiger partial charge on any atom is -0.419 e. The van der Waals surface area contributed by atoms with Gasteiger partial charge in [0.15, 0.2) is 0 Å². The zero-order valence-corrected chi connectivity index (χ0v) is 14.4. The Kier molecular flexibility index (Phi) is 4.71. The number of nitrogens with zero attached hydrogens (tertiary/aromatic N) is 3. The fourth-order valence-corrected chi connectivity index (χ4v) is 3.96. The molecule has 0 unspecified atom stereocenters. The molecule has 0 saturated carbocycles. The smallest absolute Gasteiger partial charge is 0.248 e. The lowest BCUT2D eigenvalue weighted by Crippen LogP contribution is -2.35. The van der Waals surface area contributed by atoms with Gasteiger partial charge in [0.05, 0.1) is 6.04 Å². The highest BCUT2D eigenvalue weighted by Gasteiger charge is 2.28. The van der Waals surface area contributed by atoms with Crippen molar-refractivity contribution in [2.24, 2.45) is 0 Å². The fraction of sp³-hybridized carbons (Fsp3) is 0.368. The zero-order chi connectivity index (χ0) is 16.2. The number of piperidine rings is 1. The van der Waals surface area contributed by atoms with Crippen LogP contribution in [0.5, 0.6) is 0 Å². The van der Waals surface area contributed by atoms with Crippen LogP contribution in [0.15, 0.2) is 51.6 Å². The summed E-state index contributed by atoms with van der Waals surface area (Å²) in [7, 11) is 0. The Hall–Kier alpha value is -1.98. The molecule has 5 heteroatoms. The first-order valence-electron chi connectivity index (χ1n) is 8.54. The summed E-state index contributed by atoms with van der Waals surface area (Å²) in [6, 6.07) is 12.9. The van der Waals surface area contributed by atoms with E-state index >= 15 is 0 Å². The van der Waals surface area contributed by atoms with E-state index in [1.807, 2.05) is 16.8 Å². The van der Waals surface area contributed by atoms with Gasteiger partial charge in [0.1, 0.15) is 0 Å². The van der Waals surface area contributed by atoms with Crippen molar-refractivity contribution < 1.29 is 4.42 Å². The van der Waals surface area contributed by atoms with Crippen LogP contribution in [-0.2, 0) is 6.42 Å². The Balaban J connectivity index is 1.47. The van der Waals surface area contributed by atoms with E-state index in [-0.39, 0.29) is 6.04 Å². The van der Waals surface area contributed by atoms with Crippen molar-refractivity contribution in [3.8, 4) is 11.5 Å². The lowest BCUT2D eigenvalue weighted by molar-refractivity contribution is 0.127. The molecule has 24 heavy (non-hydrogen) atoms. The molecule has 124 valence electrons. The van der Waals surface area contributed by atoms with Gasteiger partial charge >= 0.3 is 0 Å². The van der Waals surface area contributed by atoms with Crippen LogP contribution in [0.4, 0.5) is 0 Å². The van der Waals surface area contributed by atoms with Gasteiger partial charge in [0.25, 0.3) is 0 Å². The van der Waals surface area contributed by atoms with Crippen molar-refractivity contribution in [1.82, 2.24) is 15.1 Å². The maximum atomic E-state index is 5.99. The molecular formula is C19H21N3OS. The predicted molar refractivity (Wildman–Crippen MR) is 95.9 cm³/mol. The lowest BCUT2D eigenvalue weighted by atomic mass is 10.0. The van der Waals surface area contributed by atoms with Crippen LogP contribution in [0, 0.1) is 0 Å². The van der Waals surface area contributed by atoms with E-state index in [4.69, 9.17) is 4.42 Å². The number of benzene rings is 1. The largest absolute Gasteiger partial charge is 0.419 e. The van der Waals surface area contributed by atoms with Crippen molar-refractivity contribution in [2.45, 2.75) is 31.7 Å². The summed E-state index contributed by atoms with van der Waals surface area (Å²) in [6.45, 7) is 2.14. The zero-order valence-electron chi connectivity index (χ0n) is 13.6. The SMILES string of the molecule is c1ccc(CCN2CCCC[C@H]2c2nnc(-c3ccsc3)o2)cc1. The highest BCUT2D eigenvalue weighted by Crippen LogP contribution is 2.32. The maximum absolute atomic E-state index is 5.99. The first kappa shape index (κ1) is 15.5. The summed E-state index contributed by atoms with van der Waals surface area (Å²) in [5.74, 6) is 1.41. The molecule has 3 heterocycles. The molecule has 1 aromatic carbocycles. The number of rotatable bonds is 5. The number of aromatic nitrogens is 2. The molecule has 0 N–H and O–H groups in total. The summed E-state index contributed by atoms with van der Waals surface area (Å²) >= 11 is 1.65. The average molecular weight is 339 g/mol. The Labute approximate surface area is 146 Å². The summed E-state index contributed by atoms with van der Waals surface area (Å²) in [6.07, 6.45) is 4.63. The molecule has 1 aliphatic rings. The van der Waals surface area contributed by atoms with Crippen molar-refractivity contribution in [3.05, 3.63) is 58.6 Å². The number of thiophene rings is 1. The lowest BCUT2D eigenvalue weighted by Gasteiger charge is -2.33. The first-order valence-corrected chi connectivity index (χ1v) is 9.48. The second-order valence-corrected chi connectivity index (χ2v) is 7.02. The molecule has 0 spiro atoms. The molecular weight excluding hydrogens is 318 g/mol. The van der Waals surface area contributed by atoms with Crippen molar-refractivity contribution >= 4 is 11.3 Å². The van der Waals surface area contributed by atoms with E-state index in [2.05, 4.69) is 45.4 Å². The monoisotopic (exact) mass is 339 g/mol. The van der Waals surface area contributed by atoms with Gasteiger partial charge in [0, 0.05) is 17.5 Å². The van der Waals surface area contributed by atoms with Crippen LogP contribution in [0.3, 0.4) is 0 Å². The van der Waals surface area contributed by atoms with Crippen LogP contribution in [0.2, 0.25) is 0 Å². The van der Waals surface area contributed by atoms with Crippen LogP contribution >= 0.6 is 11.3 Å². The highest BCUT2D eigenvalue weighted by atomic mass is 32.1. The Morgan fingerprint density at radius 1 is 1.12 bits per heavy atom. The van der Waals surface area contributed by atoms with Gasteiger partial charge < -0.3 is 4.42 Å². The van der Waals surface area contributed by atoms with Crippen LogP contribution in [0.25, 0.3) is 11.5 Å². The second kappa shape index (κ2) is 7.28. The van der Waals surface area contributed by atoms with Gasteiger partial charge in [-0.3, -0.25) is 4.90 Å². The molecule has 1 aliphatic heterocycles. The van der Waals surface area contributed by atoms with Gasteiger partial charge in [-0.25, -0.2) is 0 Å².